The van der Waals surface area contributed by atoms with E-state index in [9.17, 15) is 4.79 Å². The fourth-order valence-electron chi connectivity index (χ4n) is 4.83. The zero-order valence-electron chi connectivity index (χ0n) is 19.4. The van der Waals surface area contributed by atoms with Crippen molar-refractivity contribution in [1.29, 1.82) is 0 Å². The minimum Gasteiger partial charge on any atom is -0.497 e. The number of para-hydroxylation sites is 1. The molecule has 0 aliphatic carbocycles. The average molecular weight is 554 g/mol. The number of carbonyl (C=O) groups is 1. The van der Waals surface area contributed by atoms with Crippen LogP contribution in [0.1, 0.15) is 18.5 Å². The van der Waals surface area contributed by atoms with Crippen molar-refractivity contribution < 1.29 is 19.0 Å². The molecule has 180 valence electrons. The van der Waals surface area contributed by atoms with Gasteiger partial charge in [0, 0.05) is 21.4 Å². The number of benzene rings is 3. The first-order chi connectivity index (χ1) is 16.9. The molecule has 7 nitrogen and oxygen atoms in total. The van der Waals surface area contributed by atoms with E-state index in [0.29, 0.717) is 28.0 Å². The highest BCUT2D eigenvalue weighted by Crippen LogP contribution is 2.52. The molecule has 2 N–H and O–H groups in total. The second-order valence-electron chi connectivity index (χ2n) is 8.47. The Hall–Kier alpha value is -3.30. The first-order valence-electron chi connectivity index (χ1n) is 11.0. The summed E-state index contributed by atoms with van der Waals surface area (Å²) in [5, 5.41) is 6.93. The lowest BCUT2D eigenvalue weighted by Crippen LogP contribution is -2.72. The van der Waals surface area contributed by atoms with E-state index in [1.54, 1.807) is 38.5 Å². The molecule has 2 aliphatic heterocycles. The van der Waals surface area contributed by atoms with Crippen LogP contribution in [0.3, 0.4) is 0 Å². The van der Waals surface area contributed by atoms with Gasteiger partial charge in [-0.25, -0.2) is 0 Å². The van der Waals surface area contributed by atoms with Crippen LogP contribution in [0.4, 0.5) is 11.4 Å². The van der Waals surface area contributed by atoms with Crippen molar-refractivity contribution in [2.24, 2.45) is 5.92 Å². The van der Waals surface area contributed by atoms with E-state index in [0.717, 1.165) is 15.7 Å². The van der Waals surface area contributed by atoms with Gasteiger partial charge < -0.3 is 24.8 Å². The molecule has 5 rings (SSSR count). The number of halogens is 1. The monoisotopic (exact) mass is 553 g/mol. The van der Waals surface area contributed by atoms with Crippen LogP contribution in [-0.4, -0.2) is 31.0 Å². The van der Waals surface area contributed by atoms with E-state index in [2.05, 4.69) is 26.6 Å². The van der Waals surface area contributed by atoms with Crippen molar-refractivity contribution in [1.82, 2.24) is 5.32 Å². The van der Waals surface area contributed by atoms with Gasteiger partial charge in [0.25, 0.3) is 0 Å². The van der Waals surface area contributed by atoms with Gasteiger partial charge in [-0.05, 0) is 67.7 Å². The summed E-state index contributed by atoms with van der Waals surface area (Å²) in [6.07, 6.45) is 0. The van der Waals surface area contributed by atoms with Crippen LogP contribution in [0.15, 0.2) is 71.2 Å². The molecule has 35 heavy (non-hydrogen) atoms. The number of amides is 1. The molecule has 0 unspecified atom stereocenters. The number of methoxy groups -OCH3 is 2. The van der Waals surface area contributed by atoms with Crippen molar-refractivity contribution in [2.45, 2.75) is 18.7 Å². The standard InChI is InChI=1S/C26H24BrN3O4S/c1-26-21(24(31)28-16-10-12-18(32-2)13-11-16)22(19-8-5-9-20(33-3)23(19)34-26)29-25(35)30(26)17-7-4-6-15(27)14-17/h4-14,21-22H,1-3H3,(H,28,31)(H,29,35)/t21-,22+,26+/m0/s1. The van der Waals surface area contributed by atoms with Gasteiger partial charge in [-0.15, -0.1) is 0 Å². The average Bonchev–Trinajstić information content (AvgIpc) is 2.83. The highest BCUT2D eigenvalue weighted by Gasteiger charge is 2.59. The van der Waals surface area contributed by atoms with E-state index in [4.69, 9.17) is 26.4 Å². The molecule has 3 aromatic carbocycles. The molecular weight excluding hydrogens is 530 g/mol. The van der Waals surface area contributed by atoms with Gasteiger partial charge in [-0.1, -0.05) is 34.1 Å². The van der Waals surface area contributed by atoms with Gasteiger partial charge in [0.15, 0.2) is 22.3 Å². The number of ether oxygens (including phenoxy) is 3. The molecular formula is C26H24BrN3O4S. The van der Waals surface area contributed by atoms with E-state index in [1.807, 2.05) is 54.3 Å². The van der Waals surface area contributed by atoms with Gasteiger partial charge >= 0.3 is 0 Å². The highest BCUT2D eigenvalue weighted by atomic mass is 79.9. The normalized spacial score (nSPS) is 22.4. The first-order valence-corrected chi connectivity index (χ1v) is 12.2. The Labute approximate surface area is 217 Å². The Morgan fingerprint density at radius 3 is 2.54 bits per heavy atom. The maximum Gasteiger partial charge on any atom is 0.236 e. The number of anilines is 2. The van der Waals surface area contributed by atoms with Crippen molar-refractivity contribution in [3.63, 3.8) is 0 Å². The SMILES string of the molecule is COc1ccc(NC(=O)[C@@H]2[C@@H]3NC(=S)N(c4cccc(Br)c4)[C@]2(C)Oc2c(OC)cccc23)cc1. The third-order valence-corrected chi connectivity index (χ3v) is 7.21. The van der Waals surface area contributed by atoms with E-state index in [1.165, 1.54) is 0 Å². The molecule has 2 heterocycles. The van der Waals surface area contributed by atoms with Crippen molar-refractivity contribution in [2.75, 3.05) is 24.4 Å². The van der Waals surface area contributed by atoms with Crippen LogP contribution in [0.5, 0.6) is 17.2 Å². The predicted octanol–water partition coefficient (Wildman–Crippen LogP) is 5.27. The molecule has 0 saturated carbocycles. The summed E-state index contributed by atoms with van der Waals surface area (Å²) >= 11 is 9.35. The molecule has 1 amide bonds. The zero-order valence-corrected chi connectivity index (χ0v) is 21.8. The predicted molar refractivity (Wildman–Crippen MR) is 142 cm³/mol. The van der Waals surface area contributed by atoms with Gasteiger partial charge in [-0.3, -0.25) is 9.69 Å². The molecule has 1 saturated heterocycles. The Bertz CT molecular complexity index is 1300. The fraction of sp³-hybridized carbons (Fsp3) is 0.231. The Balaban J connectivity index is 1.62. The number of hydrogen-bond acceptors (Lipinski definition) is 5. The van der Waals surface area contributed by atoms with Gasteiger partial charge in [-0.2, -0.15) is 0 Å². The molecule has 0 spiro atoms. The van der Waals surface area contributed by atoms with Crippen molar-refractivity contribution >= 4 is 50.5 Å². The topological polar surface area (TPSA) is 72.1 Å². The first kappa shape index (κ1) is 23.4. The van der Waals surface area contributed by atoms with E-state index >= 15 is 0 Å². The lowest BCUT2D eigenvalue weighted by molar-refractivity contribution is -0.130. The third kappa shape index (κ3) is 3.98. The van der Waals surface area contributed by atoms with Crippen LogP contribution in [0, 0.1) is 5.92 Å². The highest BCUT2D eigenvalue weighted by molar-refractivity contribution is 9.10. The summed E-state index contributed by atoms with van der Waals surface area (Å²) in [6, 6.07) is 20.2. The van der Waals surface area contributed by atoms with Crippen LogP contribution < -0.4 is 29.7 Å². The van der Waals surface area contributed by atoms with Crippen LogP contribution in [0.25, 0.3) is 0 Å². The molecule has 3 atom stereocenters. The summed E-state index contributed by atoms with van der Waals surface area (Å²) in [6.45, 7) is 1.89. The second-order valence-corrected chi connectivity index (χ2v) is 9.78. The summed E-state index contributed by atoms with van der Waals surface area (Å²) in [5.74, 6) is 1.03. The lowest BCUT2D eigenvalue weighted by Gasteiger charge is -2.56. The maximum absolute atomic E-state index is 13.9. The van der Waals surface area contributed by atoms with Gasteiger partial charge in [0.2, 0.25) is 5.91 Å². The van der Waals surface area contributed by atoms with Crippen molar-refractivity contribution in [3.05, 3.63) is 76.8 Å². The van der Waals surface area contributed by atoms with Crippen LogP contribution in [-0.2, 0) is 4.79 Å². The minimum atomic E-state index is -1.15. The fourth-order valence-corrected chi connectivity index (χ4v) is 5.63. The van der Waals surface area contributed by atoms with Gasteiger partial charge in [0.05, 0.1) is 20.3 Å². The van der Waals surface area contributed by atoms with Crippen molar-refractivity contribution in [3.8, 4) is 17.2 Å². The summed E-state index contributed by atoms with van der Waals surface area (Å²) in [4.78, 5) is 15.7. The summed E-state index contributed by atoms with van der Waals surface area (Å²) in [5.41, 5.74) is 1.11. The Morgan fingerprint density at radius 2 is 1.86 bits per heavy atom. The second kappa shape index (κ2) is 9.05. The zero-order chi connectivity index (χ0) is 24.7. The number of rotatable bonds is 5. The Kier molecular flexibility index (Phi) is 6.06. The minimum absolute atomic E-state index is 0.203. The molecule has 3 aromatic rings. The van der Waals surface area contributed by atoms with Gasteiger partial charge in [0.1, 0.15) is 11.7 Å². The quantitative estimate of drug-likeness (QED) is 0.417. The van der Waals surface area contributed by atoms with E-state index in [-0.39, 0.29) is 5.91 Å². The number of thiocarbonyl (C=S) groups is 1. The number of carbonyl (C=O) groups excluding carboxylic acids is 1. The molecule has 0 radical (unpaired) electrons. The number of nitrogens with one attached hydrogen (secondary N) is 2. The smallest absolute Gasteiger partial charge is 0.236 e. The summed E-state index contributed by atoms with van der Waals surface area (Å²) in [7, 11) is 3.20. The maximum atomic E-state index is 13.9. The van der Waals surface area contributed by atoms with E-state index < -0.39 is 17.7 Å². The number of hydrogen-bond donors (Lipinski definition) is 2. The summed E-state index contributed by atoms with van der Waals surface area (Å²) < 4.78 is 18.4. The molecule has 1 fully saturated rings. The van der Waals surface area contributed by atoms with Crippen LogP contribution in [0.2, 0.25) is 0 Å². The molecule has 0 aromatic heterocycles. The number of fused-ring (bicyclic) bond motifs is 4. The molecule has 2 aliphatic rings. The molecule has 2 bridgehead atoms. The molecule has 9 heteroatoms. The van der Waals surface area contributed by atoms with Crippen LogP contribution >= 0.6 is 28.1 Å². The Morgan fingerprint density at radius 1 is 1.11 bits per heavy atom. The largest absolute Gasteiger partial charge is 0.497 e. The number of nitrogens with zero attached hydrogens (tertiary/aromatic N) is 1. The lowest BCUT2D eigenvalue weighted by atomic mass is 9.78. The third-order valence-electron chi connectivity index (χ3n) is 6.42.